The van der Waals surface area contributed by atoms with E-state index in [9.17, 15) is 4.79 Å². The van der Waals surface area contributed by atoms with E-state index in [2.05, 4.69) is 6.07 Å². The molecule has 1 aromatic rings. The Hall–Kier alpha value is -1.61. The maximum absolute atomic E-state index is 10.4. The molecule has 1 aliphatic carbocycles. The molecule has 3 nitrogen and oxygen atoms in total. The number of fused-ring (bicyclic) bond motifs is 1. The van der Waals surface area contributed by atoms with E-state index in [4.69, 9.17) is 10.8 Å². The molecule has 2 rings (SSSR count). The van der Waals surface area contributed by atoms with Crippen LogP contribution in [0.25, 0.3) is 6.08 Å². The van der Waals surface area contributed by atoms with Crippen LogP contribution in [0.2, 0.25) is 0 Å². The number of nitrogens with two attached hydrogens (primary N) is 1. The lowest BCUT2D eigenvalue weighted by atomic mass is 9.87. The number of carboxylic acid groups (broad SMARTS) is 1. The van der Waals surface area contributed by atoms with Crippen LogP contribution >= 0.6 is 0 Å². The van der Waals surface area contributed by atoms with Crippen molar-refractivity contribution in [1.29, 1.82) is 0 Å². The smallest absolute Gasteiger partial charge is 0.328 e. The van der Waals surface area contributed by atoms with E-state index in [-0.39, 0.29) is 6.04 Å². The van der Waals surface area contributed by atoms with Gasteiger partial charge in [0.15, 0.2) is 0 Å². The van der Waals surface area contributed by atoms with Gasteiger partial charge in [0.25, 0.3) is 0 Å². The molecule has 84 valence electrons. The standard InChI is InChI=1S/C13H15NO2/c14-12-5-4-10-3-1-9(2-6-13(15)16)7-11(10)8-12/h1-3,6-7,12H,4-5,8,14H2,(H,15,16)/b6-2+/t12-/m0/s1. The molecule has 0 saturated heterocycles. The molecule has 0 aliphatic heterocycles. The van der Waals surface area contributed by atoms with Crippen LogP contribution < -0.4 is 5.73 Å². The average Bonchev–Trinajstić information content (AvgIpc) is 2.25. The van der Waals surface area contributed by atoms with Crippen LogP contribution in [0.1, 0.15) is 23.1 Å². The largest absolute Gasteiger partial charge is 0.478 e. The van der Waals surface area contributed by atoms with Gasteiger partial charge in [-0.2, -0.15) is 0 Å². The second kappa shape index (κ2) is 4.49. The van der Waals surface area contributed by atoms with E-state index in [1.54, 1.807) is 6.08 Å². The van der Waals surface area contributed by atoms with Crippen LogP contribution in [0.5, 0.6) is 0 Å². The van der Waals surface area contributed by atoms with Crippen molar-refractivity contribution in [3.8, 4) is 0 Å². The SMILES string of the molecule is N[C@H]1CCc2ccc(/C=C/C(=O)O)cc2C1. The molecule has 1 aliphatic rings. The van der Waals surface area contributed by atoms with Crippen molar-refractivity contribution < 1.29 is 9.90 Å². The number of benzene rings is 1. The summed E-state index contributed by atoms with van der Waals surface area (Å²) in [5.74, 6) is -0.922. The highest BCUT2D eigenvalue weighted by Gasteiger charge is 2.14. The van der Waals surface area contributed by atoms with Crippen LogP contribution in [0.15, 0.2) is 24.3 Å². The number of aryl methyl sites for hydroxylation is 1. The Balaban J connectivity index is 2.24. The first-order valence-corrected chi connectivity index (χ1v) is 5.43. The molecule has 3 N–H and O–H groups in total. The third-order valence-corrected chi connectivity index (χ3v) is 2.92. The molecule has 0 unspecified atom stereocenters. The summed E-state index contributed by atoms with van der Waals surface area (Å²) in [5, 5.41) is 8.55. The van der Waals surface area contributed by atoms with Crippen molar-refractivity contribution >= 4 is 12.0 Å². The number of aliphatic carboxylic acids is 1. The van der Waals surface area contributed by atoms with Crippen LogP contribution in [-0.2, 0) is 17.6 Å². The summed E-state index contributed by atoms with van der Waals surface area (Å²) in [5.41, 5.74) is 9.43. The summed E-state index contributed by atoms with van der Waals surface area (Å²) < 4.78 is 0. The van der Waals surface area contributed by atoms with Crippen LogP contribution in [-0.4, -0.2) is 17.1 Å². The Kier molecular flexibility index (Phi) is 3.06. The molecule has 0 amide bonds. The van der Waals surface area contributed by atoms with Crippen molar-refractivity contribution in [2.75, 3.05) is 0 Å². The van der Waals surface area contributed by atoms with Crippen molar-refractivity contribution in [3.63, 3.8) is 0 Å². The molecule has 0 fully saturated rings. The highest BCUT2D eigenvalue weighted by Crippen LogP contribution is 2.22. The first kappa shape index (κ1) is 10.9. The number of hydrogen-bond acceptors (Lipinski definition) is 2. The van der Waals surface area contributed by atoms with Crippen LogP contribution in [0.3, 0.4) is 0 Å². The van der Waals surface area contributed by atoms with Gasteiger partial charge in [0, 0.05) is 12.1 Å². The van der Waals surface area contributed by atoms with Crippen LogP contribution in [0, 0.1) is 0 Å². The molecule has 0 spiro atoms. The predicted octanol–water partition coefficient (Wildman–Crippen LogP) is 1.60. The van der Waals surface area contributed by atoms with Gasteiger partial charge < -0.3 is 10.8 Å². The highest BCUT2D eigenvalue weighted by molar-refractivity contribution is 5.85. The van der Waals surface area contributed by atoms with Gasteiger partial charge in [-0.1, -0.05) is 18.2 Å². The minimum atomic E-state index is -0.922. The molecule has 0 aromatic heterocycles. The molecule has 3 heteroatoms. The first-order valence-electron chi connectivity index (χ1n) is 5.43. The Morgan fingerprint density at radius 2 is 2.25 bits per heavy atom. The summed E-state index contributed by atoms with van der Waals surface area (Å²) in [6.45, 7) is 0. The fraction of sp³-hybridized carbons (Fsp3) is 0.308. The lowest BCUT2D eigenvalue weighted by molar-refractivity contribution is -0.131. The topological polar surface area (TPSA) is 63.3 Å². The van der Waals surface area contributed by atoms with E-state index < -0.39 is 5.97 Å². The predicted molar refractivity (Wildman–Crippen MR) is 63.1 cm³/mol. The quantitative estimate of drug-likeness (QED) is 0.739. The van der Waals surface area contributed by atoms with Gasteiger partial charge in [0.2, 0.25) is 0 Å². The fourth-order valence-corrected chi connectivity index (χ4v) is 2.08. The molecule has 1 atom stereocenters. The van der Waals surface area contributed by atoms with Gasteiger partial charge in [-0.3, -0.25) is 0 Å². The third kappa shape index (κ3) is 2.49. The van der Waals surface area contributed by atoms with E-state index in [1.165, 1.54) is 11.1 Å². The minimum absolute atomic E-state index is 0.242. The van der Waals surface area contributed by atoms with Crippen molar-refractivity contribution in [2.24, 2.45) is 5.73 Å². The van der Waals surface area contributed by atoms with Crippen LogP contribution in [0.4, 0.5) is 0 Å². The second-order valence-corrected chi connectivity index (χ2v) is 4.20. The average molecular weight is 217 g/mol. The number of hydrogen-bond donors (Lipinski definition) is 2. The van der Waals surface area contributed by atoms with Gasteiger partial charge in [0.1, 0.15) is 0 Å². The van der Waals surface area contributed by atoms with Gasteiger partial charge in [-0.25, -0.2) is 4.79 Å². The molecule has 0 heterocycles. The van der Waals surface area contributed by atoms with Crippen molar-refractivity contribution in [1.82, 2.24) is 0 Å². The lowest BCUT2D eigenvalue weighted by Crippen LogP contribution is -2.27. The van der Waals surface area contributed by atoms with Gasteiger partial charge in [0.05, 0.1) is 0 Å². The van der Waals surface area contributed by atoms with E-state index in [0.717, 1.165) is 30.9 Å². The Labute approximate surface area is 94.6 Å². The number of rotatable bonds is 2. The Bertz CT molecular complexity index is 438. The number of carboxylic acids is 1. The van der Waals surface area contributed by atoms with E-state index in [0.29, 0.717) is 0 Å². The first-order chi connectivity index (χ1) is 7.65. The number of carbonyl (C=O) groups is 1. The highest BCUT2D eigenvalue weighted by atomic mass is 16.4. The lowest BCUT2D eigenvalue weighted by Gasteiger charge is -2.21. The van der Waals surface area contributed by atoms with E-state index in [1.807, 2.05) is 12.1 Å². The second-order valence-electron chi connectivity index (χ2n) is 4.20. The van der Waals surface area contributed by atoms with Gasteiger partial charge in [-0.05, 0) is 42.0 Å². The van der Waals surface area contributed by atoms with Gasteiger partial charge in [-0.15, -0.1) is 0 Å². The van der Waals surface area contributed by atoms with Gasteiger partial charge >= 0.3 is 5.97 Å². The Morgan fingerprint density at radius 3 is 3.00 bits per heavy atom. The zero-order valence-corrected chi connectivity index (χ0v) is 9.02. The normalized spacial score (nSPS) is 19.7. The Morgan fingerprint density at radius 1 is 1.44 bits per heavy atom. The molecule has 0 saturated carbocycles. The molecular formula is C13H15NO2. The molecule has 0 radical (unpaired) electrons. The van der Waals surface area contributed by atoms with E-state index >= 15 is 0 Å². The summed E-state index contributed by atoms with van der Waals surface area (Å²) >= 11 is 0. The summed E-state index contributed by atoms with van der Waals surface area (Å²) in [6.07, 6.45) is 5.73. The summed E-state index contributed by atoms with van der Waals surface area (Å²) in [7, 11) is 0. The maximum atomic E-state index is 10.4. The summed E-state index contributed by atoms with van der Waals surface area (Å²) in [4.78, 5) is 10.4. The summed E-state index contributed by atoms with van der Waals surface area (Å²) in [6, 6.07) is 6.30. The van der Waals surface area contributed by atoms with Crippen molar-refractivity contribution in [3.05, 3.63) is 41.0 Å². The third-order valence-electron chi connectivity index (χ3n) is 2.92. The zero-order valence-electron chi connectivity index (χ0n) is 9.02. The minimum Gasteiger partial charge on any atom is -0.478 e. The molecule has 0 bridgehead atoms. The molecule has 16 heavy (non-hydrogen) atoms. The van der Waals surface area contributed by atoms with Crippen molar-refractivity contribution in [2.45, 2.75) is 25.3 Å². The fourth-order valence-electron chi connectivity index (χ4n) is 2.08. The molecular weight excluding hydrogens is 202 g/mol. The maximum Gasteiger partial charge on any atom is 0.328 e. The zero-order chi connectivity index (χ0) is 11.5. The monoisotopic (exact) mass is 217 g/mol. The molecule has 1 aromatic carbocycles.